The normalized spacial score (nSPS) is 26.1. The van der Waals surface area contributed by atoms with Crippen LogP contribution in [-0.4, -0.2) is 23.9 Å². The third-order valence-corrected chi connectivity index (χ3v) is 4.12. The fourth-order valence-corrected chi connectivity index (χ4v) is 2.64. The molecule has 2 nitrogen and oxygen atoms in total. The number of aliphatic hydroxyl groups is 1. The van der Waals surface area contributed by atoms with Crippen molar-refractivity contribution in [2.75, 3.05) is 6.61 Å². The number of aliphatic hydroxyl groups excluding tert-OH is 1. The summed E-state index contributed by atoms with van der Waals surface area (Å²) in [5.74, 6) is -0.133. The van der Waals surface area contributed by atoms with E-state index >= 15 is 0 Å². The molecular weight excluding hydrogens is 287 g/mol. The molecule has 94 valence electrons. The van der Waals surface area contributed by atoms with Crippen LogP contribution in [0.25, 0.3) is 0 Å². The summed E-state index contributed by atoms with van der Waals surface area (Å²) in [4.78, 5) is 0. The van der Waals surface area contributed by atoms with E-state index in [0.717, 1.165) is 12.0 Å². The van der Waals surface area contributed by atoms with Crippen LogP contribution in [0, 0.1) is 11.7 Å². The van der Waals surface area contributed by atoms with Gasteiger partial charge in [-0.2, -0.15) is 0 Å². The molecule has 3 unspecified atom stereocenters. The smallest absolute Gasteiger partial charge is 0.137 e. The van der Waals surface area contributed by atoms with E-state index in [1.807, 2.05) is 13.0 Å². The second-order valence-corrected chi connectivity index (χ2v) is 5.42. The van der Waals surface area contributed by atoms with Crippen LogP contribution in [0.5, 0.6) is 0 Å². The molecule has 1 fully saturated rings. The van der Waals surface area contributed by atoms with Crippen LogP contribution in [0.1, 0.15) is 18.9 Å². The Morgan fingerprint density at radius 3 is 3.00 bits per heavy atom. The summed E-state index contributed by atoms with van der Waals surface area (Å²) in [7, 11) is 0. The maximum Gasteiger partial charge on any atom is 0.137 e. The third-order valence-electron chi connectivity index (χ3n) is 3.23. The molecule has 17 heavy (non-hydrogen) atoms. The molecule has 0 radical (unpaired) electrons. The van der Waals surface area contributed by atoms with Crippen LogP contribution in [0.4, 0.5) is 4.39 Å². The lowest BCUT2D eigenvalue weighted by Crippen LogP contribution is -2.23. The third kappa shape index (κ3) is 3.06. The number of halogens is 2. The van der Waals surface area contributed by atoms with Gasteiger partial charge in [0.2, 0.25) is 0 Å². The lowest BCUT2D eigenvalue weighted by molar-refractivity contribution is 0.0805. The fraction of sp³-hybridized carbons (Fsp3) is 0.538. The summed E-state index contributed by atoms with van der Waals surface area (Å²) >= 11 is 3.21. The summed E-state index contributed by atoms with van der Waals surface area (Å²) in [5.41, 5.74) is 0.803. The minimum atomic E-state index is -0.474. The van der Waals surface area contributed by atoms with Gasteiger partial charge in [-0.15, -0.1) is 0 Å². The number of rotatable bonds is 3. The van der Waals surface area contributed by atoms with Crippen molar-refractivity contribution in [3.63, 3.8) is 0 Å². The van der Waals surface area contributed by atoms with E-state index < -0.39 is 6.10 Å². The van der Waals surface area contributed by atoms with Crippen LogP contribution in [-0.2, 0) is 11.2 Å². The summed E-state index contributed by atoms with van der Waals surface area (Å²) < 4.78 is 19.2. The molecular formula is C13H16BrFO2. The van der Waals surface area contributed by atoms with Crippen molar-refractivity contribution in [2.45, 2.75) is 32.0 Å². The van der Waals surface area contributed by atoms with Crippen molar-refractivity contribution >= 4 is 15.9 Å². The van der Waals surface area contributed by atoms with Gasteiger partial charge in [0.05, 0.1) is 23.3 Å². The van der Waals surface area contributed by atoms with Gasteiger partial charge in [0.1, 0.15) is 5.82 Å². The molecule has 1 heterocycles. The standard InChI is InChI=1S/C13H16BrFO2/c1-8-5-10(7-17-8)12(16)6-9-3-2-4-11(15)13(9)14/h2-4,8,10,12,16H,5-7H2,1H3. The van der Waals surface area contributed by atoms with Crippen molar-refractivity contribution in [2.24, 2.45) is 5.92 Å². The highest BCUT2D eigenvalue weighted by molar-refractivity contribution is 9.10. The van der Waals surface area contributed by atoms with Gasteiger partial charge in [0, 0.05) is 5.92 Å². The first-order valence-corrected chi connectivity index (χ1v) is 6.59. The Bertz CT molecular complexity index is 397. The zero-order valence-corrected chi connectivity index (χ0v) is 11.3. The maximum atomic E-state index is 13.3. The second-order valence-electron chi connectivity index (χ2n) is 4.62. The molecule has 2 rings (SSSR count). The maximum absolute atomic E-state index is 13.3. The SMILES string of the molecule is CC1CC(C(O)Cc2cccc(F)c2Br)CO1. The van der Waals surface area contributed by atoms with Crippen molar-refractivity contribution in [3.8, 4) is 0 Å². The summed E-state index contributed by atoms with van der Waals surface area (Å²) in [5, 5.41) is 10.1. The van der Waals surface area contributed by atoms with E-state index in [4.69, 9.17) is 4.74 Å². The Hall–Kier alpha value is -0.450. The molecule has 4 heteroatoms. The first-order valence-electron chi connectivity index (χ1n) is 5.80. The number of hydrogen-bond acceptors (Lipinski definition) is 2. The average Bonchev–Trinajstić information content (AvgIpc) is 2.72. The fourth-order valence-electron chi connectivity index (χ4n) is 2.22. The molecule has 1 aliphatic rings. The molecule has 1 aromatic carbocycles. The zero-order chi connectivity index (χ0) is 12.4. The van der Waals surface area contributed by atoms with Gasteiger partial charge >= 0.3 is 0 Å². The van der Waals surface area contributed by atoms with Crippen molar-refractivity contribution in [1.82, 2.24) is 0 Å². The second kappa shape index (κ2) is 5.46. The zero-order valence-electron chi connectivity index (χ0n) is 9.70. The first-order chi connectivity index (χ1) is 8.08. The Morgan fingerprint density at radius 2 is 2.35 bits per heavy atom. The molecule has 0 aromatic heterocycles. The van der Waals surface area contributed by atoms with Gasteiger partial charge in [-0.1, -0.05) is 12.1 Å². The van der Waals surface area contributed by atoms with Crippen LogP contribution in [0.2, 0.25) is 0 Å². The highest BCUT2D eigenvalue weighted by Crippen LogP contribution is 2.27. The van der Waals surface area contributed by atoms with E-state index in [1.165, 1.54) is 6.07 Å². The topological polar surface area (TPSA) is 29.5 Å². The predicted octanol–water partition coefficient (Wildman–Crippen LogP) is 2.92. The Morgan fingerprint density at radius 1 is 1.59 bits per heavy atom. The van der Waals surface area contributed by atoms with Gasteiger partial charge in [0.15, 0.2) is 0 Å². The molecule has 1 N–H and O–H groups in total. The molecule has 1 aromatic rings. The van der Waals surface area contributed by atoms with Gasteiger partial charge in [-0.25, -0.2) is 4.39 Å². The van der Waals surface area contributed by atoms with E-state index in [2.05, 4.69) is 15.9 Å². The monoisotopic (exact) mass is 302 g/mol. The minimum absolute atomic E-state index is 0.153. The quantitative estimate of drug-likeness (QED) is 0.930. The summed E-state index contributed by atoms with van der Waals surface area (Å²) in [6.45, 7) is 2.60. The summed E-state index contributed by atoms with van der Waals surface area (Å²) in [6, 6.07) is 4.90. The Kier molecular flexibility index (Phi) is 4.17. The van der Waals surface area contributed by atoms with E-state index in [1.54, 1.807) is 6.07 Å². The Labute approximate surface area is 109 Å². The molecule has 0 amide bonds. The summed E-state index contributed by atoms with van der Waals surface area (Å²) in [6.07, 6.45) is 1.07. The minimum Gasteiger partial charge on any atom is -0.392 e. The molecule has 1 aliphatic heterocycles. The van der Waals surface area contributed by atoms with Crippen molar-refractivity contribution in [3.05, 3.63) is 34.1 Å². The average molecular weight is 303 g/mol. The first kappa shape index (κ1) is 13.0. The lowest BCUT2D eigenvalue weighted by Gasteiger charge is -2.17. The largest absolute Gasteiger partial charge is 0.392 e. The molecule has 0 spiro atoms. The van der Waals surface area contributed by atoms with E-state index in [-0.39, 0.29) is 17.8 Å². The molecule has 1 saturated heterocycles. The van der Waals surface area contributed by atoms with Gasteiger partial charge in [0.25, 0.3) is 0 Å². The molecule has 0 aliphatic carbocycles. The van der Waals surface area contributed by atoms with E-state index in [0.29, 0.717) is 17.5 Å². The number of ether oxygens (including phenoxy) is 1. The van der Waals surface area contributed by atoms with Crippen LogP contribution in [0.3, 0.4) is 0 Å². The van der Waals surface area contributed by atoms with Gasteiger partial charge < -0.3 is 9.84 Å². The van der Waals surface area contributed by atoms with E-state index in [9.17, 15) is 9.50 Å². The molecule has 3 atom stereocenters. The highest BCUT2D eigenvalue weighted by Gasteiger charge is 2.28. The van der Waals surface area contributed by atoms with Crippen molar-refractivity contribution < 1.29 is 14.2 Å². The number of benzene rings is 1. The number of hydrogen-bond donors (Lipinski definition) is 1. The van der Waals surface area contributed by atoms with Crippen LogP contribution >= 0.6 is 15.9 Å². The molecule has 0 saturated carbocycles. The van der Waals surface area contributed by atoms with Crippen LogP contribution in [0.15, 0.2) is 22.7 Å². The van der Waals surface area contributed by atoms with Gasteiger partial charge in [-0.05, 0) is 47.3 Å². The lowest BCUT2D eigenvalue weighted by atomic mass is 9.94. The predicted molar refractivity (Wildman–Crippen MR) is 67.3 cm³/mol. The highest BCUT2D eigenvalue weighted by atomic mass is 79.9. The van der Waals surface area contributed by atoms with Crippen LogP contribution < -0.4 is 0 Å². The van der Waals surface area contributed by atoms with Gasteiger partial charge in [-0.3, -0.25) is 0 Å². The van der Waals surface area contributed by atoms with Crippen molar-refractivity contribution in [1.29, 1.82) is 0 Å². The Balaban J connectivity index is 2.03. The molecule has 0 bridgehead atoms.